The number of allylic oxidation sites excluding steroid dienone is 2. The lowest BCUT2D eigenvalue weighted by atomic mass is 10.2. The predicted molar refractivity (Wildman–Crippen MR) is 138 cm³/mol. The van der Waals surface area contributed by atoms with Crippen LogP contribution in [0.1, 0.15) is 11.3 Å². The summed E-state index contributed by atoms with van der Waals surface area (Å²) >= 11 is 12.8. The van der Waals surface area contributed by atoms with E-state index in [1.54, 1.807) is 49.0 Å². The van der Waals surface area contributed by atoms with Gasteiger partial charge >= 0.3 is 0 Å². The molecule has 0 atom stereocenters. The number of rotatable bonds is 5. The summed E-state index contributed by atoms with van der Waals surface area (Å²) < 4.78 is 3.38. The van der Waals surface area contributed by atoms with Crippen molar-refractivity contribution < 1.29 is 9.72 Å². The highest BCUT2D eigenvalue weighted by atomic mass is 35.5. The van der Waals surface area contributed by atoms with Gasteiger partial charge in [0.15, 0.2) is 4.32 Å². The van der Waals surface area contributed by atoms with Crippen LogP contribution in [0.2, 0.25) is 0 Å². The van der Waals surface area contributed by atoms with Crippen LogP contribution in [0, 0.1) is 17.0 Å². The van der Waals surface area contributed by atoms with Gasteiger partial charge in [-0.25, -0.2) is 4.68 Å². The number of nitrogens with zero attached hydrogens (tertiary/aromatic N) is 4. The second kappa shape index (κ2) is 9.41. The van der Waals surface area contributed by atoms with E-state index in [4.69, 9.17) is 23.8 Å². The summed E-state index contributed by atoms with van der Waals surface area (Å²) in [5.41, 5.74) is 1.67. The van der Waals surface area contributed by atoms with Gasteiger partial charge in [0.05, 0.1) is 21.2 Å². The molecule has 4 rings (SSSR count). The first-order chi connectivity index (χ1) is 16.2. The van der Waals surface area contributed by atoms with Gasteiger partial charge in [0, 0.05) is 24.2 Å². The number of thioether (sulfide) groups is 1. The molecule has 0 radical (unpaired) electrons. The van der Waals surface area contributed by atoms with E-state index >= 15 is 0 Å². The fraction of sp³-hybridized carbons (Fsp3) is 0.0870. The Kier molecular flexibility index (Phi) is 6.56. The summed E-state index contributed by atoms with van der Waals surface area (Å²) in [7, 11) is 1.74. The summed E-state index contributed by atoms with van der Waals surface area (Å²) in [4.78, 5) is 38.3. The lowest BCUT2D eigenvalue weighted by Crippen LogP contribution is -2.33. The van der Waals surface area contributed by atoms with E-state index in [-0.39, 0.29) is 31.2 Å². The van der Waals surface area contributed by atoms with Gasteiger partial charge in [-0.05, 0) is 48.9 Å². The highest BCUT2D eigenvalue weighted by Gasteiger charge is 2.37. The lowest BCUT2D eigenvalue weighted by molar-refractivity contribution is -0.384. The highest BCUT2D eigenvalue weighted by Crippen LogP contribution is 2.36. The molecule has 8 nitrogen and oxygen atoms in total. The number of amides is 1. The fourth-order valence-corrected chi connectivity index (χ4v) is 5.05. The topological polar surface area (TPSA) is 90.4 Å². The molecule has 1 fully saturated rings. The van der Waals surface area contributed by atoms with Crippen LogP contribution >= 0.6 is 35.6 Å². The Bertz CT molecular complexity index is 1440. The van der Waals surface area contributed by atoms with Gasteiger partial charge in [-0.15, -0.1) is 0 Å². The average Bonchev–Trinajstić information content (AvgIpc) is 3.19. The quantitative estimate of drug-likeness (QED) is 0.208. The molecule has 172 valence electrons. The van der Waals surface area contributed by atoms with Crippen molar-refractivity contribution in [1.29, 1.82) is 0 Å². The molecule has 34 heavy (non-hydrogen) atoms. The van der Waals surface area contributed by atoms with E-state index in [1.807, 2.05) is 18.2 Å². The Morgan fingerprint density at radius 1 is 1.12 bits per heavy atom. The molecule has 2 heterocycles. The minimum Gasteiger partial charge on any atom is -0.283 e. The molecule has 1 aromatic heterocycles. The number of hydrogen-bond donors (Lipinski definition) is 0. The van der Waals surface area contributed by atoms with E-state index in [1.165, 1.54) is 27.8 Å². The second-order valence-electron chi connectivity index (χ2n) is 7.31. The number of para-hydroxylation sites is 1. The van der Waals surface area contributed by atoms with E-state index in [0.717, 1.165) is 11.8 Å². The maximum atomic E-state index is 13.3. The van der Waals surface area contributed by atoms with Gasteiger partial charge in [0.25, 0.3) is 17.2 Å². The Labute approximate surface area is 208 Å². The van der Waals surface area contributed by atoms with Crippen molar-refractivity contribution in [3.05, 3.63) is 102 Å². The van der Waals surface area contributed by atoms with Crippen molar-refractivity contribution in [1.82, 2.24) is 9.36 Å². The minimum atomic E-state index is -0.488. The number of benzene rings is 2. The first kappa shape index (κ1) is 23.7. The van der Waals surface area contributed by atoms with Crippen LogP contribution in [0.5, 0.6) is 0 Å². The summed E-state index contributed by atoms with van der Waals surface area (Å²) in [5.74, 6) is -0.448. The predicted octanol–water partition coefficient (Wildman–Crippen LogP) is 4.92. The summed E-state index contributed by atoms with van der Waals surface area (Å²) in [6.07, 6.45) is 3.05. The summed E-state index contributed by atoms with van der Waals surface area (Å²) in [6.45, 7) is 1.75. The third kappa shape index (κ3) is 4.35. The van der Waals surface area contributed by atoms with Crippen LogP contribution < -0.4 is 10.5 Å². The lowest BCUT2D eigenvalue weighted by Gasteiger charge is -2.12. The van der Waals surface area contributed by atoms with Crippen LogP contribution in [-0.4, -0.2) is 24.5 Å². The Morgan fingerprint density at radius 3 is 2.38 bits per heavy atom. The molecule has 0 aliphatic carbocycles. The molecule has 0 N–H and O–H groups in total. The van der Waals surface area contributed by atoms with Crippen LogP contribution in [-0.2, 0) is 11.8 Å². The standard InChI is InChI=1S/C23H17ClN4O4S2/c1-14-20(22(30)27(25(14)2)17-6-4-3-5-7-17)26-21(29)19(34-23(26)33)13-16(24)12-15-8-10-18(11-9-15)28(31)32/h3-13H,1-2H3. The monoisotopic (exact) mass is 512 g/mol. The SMILES string of the molecule is Cc1c(N2C(=O)C(=CC(Cl)=Cc3ccc([N+](=O)[O-])cc3)SC2=S)c(=O)n(-c2ccccc2)n1C. The van der Waals surface area contributed by atoms with Crippen molar-refractivity contribution in [3.8, 4) is 5.69 Å². The van der Waals surface area contributed by atoms with Crippen LogP contribution in [0.25, 0.3) is 11.8 Å². The van der Waals surface area contributed by atoms with Gasteiger partial charge in [0.2, 0.25) is 0 Å². The van der Waals surface area contributed by atoms with Crippen molar-refractivity contribution in [2.24, 2.45) is 7.05 Å². The van der Waals surface area contributed by atoms with Gasteiger partial charge in [-0.2, -0.15) is 0 Å². The van der Waals surface area contributed by atoms with Crippen molar-refractivity contribution >= 4 is 63.3 Å². The van der Waals surface area contributed by atoms with Gasteiger partial charge in [-0.3, -0.25) is 29.3 Å². The summed E-state index contributed by atoms with van der Waals surface area (Å²) in [6, 6.07) is 15.0. The molecule has 0 spiro atoms. The molecule has 0 unspecified atom stereocenters. The molecule has 11 heteroatoms. The zero-order valence-corrected chi connectivity index (χ0v) is 20.4. The number of thiocarbonyl (C=S) groups is 1. The maximum Gasteiger partial charge on any atom is 0.296 e. The molecule has 1 saturated heterocycles. The number of nitro groups is 1. The van der Waals surface area contributed by atoms with Crippen LogP contribution in [0.4, 0.5) is 11.4 Å². The molecule has 1 aliphatic heterocycles. The molecule has 2 aromatic carbocycles. The number of nitro benzene ring substituents is 1. The number of aromatic nitrogens is 2. The first-order valence-corrected chi connectivity index (χ1v) is 11.5. The largest absolute Gasteiger partial charge is 0.296 e. The molecular formula is C23H17ClN4O4S2. The molecule has 1 aliphatic rings. The van der Waals surface area contributed by atoms with Crippen LogP contribution in [0.15, 0.2) is 75.4 Å². The number of carbonyl (C=O) groups is 1. The third-order valence-electron chi connectivity index (χ3n) is 5.22. The molecule has 1 amide bonds. The number of anilines is 1. The number of halogens is 1. The van der Waals surface area contributed by atoms with Gasteiger partial charge in [-0.1, -0.05) is 53.8 Å². The Morgan fingerprint density at radius 2 is 1.76 bits per heavy atom. The maximum absolute atomic E-state index is 13.3. The minimum absolute atomic E-state index is 0.0338. The van der Waals surface area contributed by atoms with E-state index in [9.17, 15) is 19.7 Å². The van der Waals surface area contributed by atoms with Gasteiger partial charge < -0.3 is 0 Å². The number of carbonyl (C=O) groups excluding carboxylic acids is 1. The van der Waals surface area contributed by atoms with Crippen molar-refractivity contribution in [3.63, 3.8) is 0 Å². The van der Waals surface area contributed by atoms with Crippen molar-refractivity contribution in [2.75, 3.05) is 4.90 Å². The van der Waals surface area contributed by atoms with E-state index < -0.39 is 10.8 Å². The molecule has 3 aromatic rings. The second-order valence-corrected chi connectivity index (χ2v) is 9.42. The van der Waals surface area contributed by atoms with E-state index in [2.05, 4.69) is 0 Å². The number of hydrogen-bond acceptors (Lipinski definition) is 6. The van der Waals surface area contributed by atoms with E-state index in [0.29, 0.717) is 16.9 Å². The average molecular weight is 513 g/mol. The molecule has 0 saturated carbocycles. The fourth-order valence-electron chi connectivity index (χ4n) is 3.49. The third-order valence-corrected chi connectivity index (χ3v) is 6.74. The Balaban J connectivity index is 1.67. The zero-order chi connectivity index (χ0) is 24.6. The van der Waals surface area contributed by atoms with Gasteiger partial charge in [0.1, 0.15) is 5.69 Å². The summed E-state index contributed by atoms with van der Waals surface area (Å²) in [5, 5.41) is 11.0. The smallest absolute Gasteiger partial charge is 0.283 e. The normalized spacial score (nSPS) is 15.4. The highest BCUT2D eigenvalue weighted by molar-refractivity contribution is 8.27. The molecular weight excluding hydrogens is 496 g/mol. The molecule has 0 bridgehead atoms. The Hall–Kier alpha value is -3.47. The van der Waals surface area contributed by atoms with Crippen molar-refractivity contribution in [2.45, 2.75) is 6.92 Å². The zero-order valence-electron chi connectivity index (χ0n) is 18.0. The number of non-ortho nitro benzene ring substituents is 1. The first-order valence-electron chi connectivity index (χ1n) is 9.92. The van der Waals surface area contributed by atoms with Crippen LogP contribution in [0.3, 0.4) is 0 Å².